The average molecular weight is 330 g/mol. The quantitative estimate of drug-likeness (QED) is 0.935. The zero-order chi connectivity index (χ0) is 16.2. The number of aromatic nitrogens is 2. The predicted octanol–water partition coefficient (Wildman–Crippen LogP) is 3.18. The monoisotopic (exact) mass is 330 g/mol. The second-order valence-corrected chi connectivity index (χ2v) is 7.09. The van der Waals surface area contributed by atoms with Crippen LogP contribution < -0.4 is 5.32 Å². The Labute approximate surface area is 140 Å². The molecule has 1 aromatic carbocycles. The largest absolute Gasteiger partial charge is 0.326 e. The molecule has 0 spiro atoms. The summed E-state index contributed by atoms with van der Waals surface area (Å²) in [5, 5.41) is 13.1. The molecular formula is C17H22N4OS. The second-order valence-electron chi connectivity index (χ2n) is 5.90. The van der Waals surface area contributed by atoms with E-state index in [0.717, 1.165) is 53.7 Å². The van der Waals surface area contributed by atoms with Gasteiger partial charge in [-0.15, -0.1) is 10.2 Å². The second kappa shape index (κ2) is 7.19. The molecule has 2 heterocycles. The van der Waals surface area contributed by atoms with Gasteiger partial charge in [-0.25, -0.2) is 0 Å². The Morgan fingerprint density at radius 3 is 2.78 bits per heavy atom. The van der Waals surface area contributed by atoms with Gasteiger partial charge in [-0.05, 0) is 51.5 Å². The summed E-state index contributed by atoms with van der Waals surface area (Å²) in [4.78, 5) is 14.9. The van der Waals surface area contributed by atoms with Crippen LogP contribution in [0, 0.1) is 12.8 Å². The van der Waals surface area contributed by atoms with E-state index in [1.165, 1.54) is 0 Å². The zero-order valence-corrected chi connectivity index (χ0v) is 14.4. The Bertz CT molecular complexity index is 677. The molecule has 5 nitrogen and oxygen atoms in total. The number of nitrogens with zero attached hydrogens (tertiary/aromatic N) is 3. The Morgan fingerprint density at radius 1 is 1.35 bits per heavy atom. The maximum absolute atomic E-state index is 12.5. The van der Waals surface area contributed by atoms with Crippen molar-refractivity contribution in [3.8, 4) is 10.6 Å². The lowest BCUT2D eigenvalue weighted by molar-refractivity contribution is -0.121. The van der Waals surface area contributed by atoms with Crippen molar-refractivity contribution in [2.45, 2.75) is 26.7 Å². The maximum atomic E-state index is 12.5. The summed E-state index contributed by atoms with van der Waals surface area (Å²) in [6.45, 7) is 7.20. The maximum Gasteiger partial charge on any atom is 0.227 e. The fraction of sp³-hybridized carbons (Fsp3) is 0.471. The number of carbonyl (C=O) groups is 1. The van der Waals surface area contributed by atoms with E-state index in [1.54, 1.807) is 11.3 Å². The number of hydrogen-bond acceptors (Lipinski definition) is 5. The third-order valence-electron chi connectivity index (χ3n) is 4.31. The summed E-state index contributed by atoms with van der Waals surface area (Å²) >= 11 is 1.56. The van der Waals surface area contributed by atoms with E-state index < -0.39 is 0 Å². The van der Waals surface area contributed by atoms with Gasteiger partial charge < -0.3 is 10.2 Å². The van der Waals surface area contributed by atoms with E-state index >= 15 is 0 Å². The molecule has 0 unspecified atom stereocenters. The van der Waals surface area contributed by atoms with Crippen LogP contribution >= 0.6 is 11.3 Å². The van der Waals surface area contributed by atoms with Gasteiger partial charge in [0.1, 0.15) is 10.0 Å². The fourth-order valence-electron chi connectivity index (χ4n) is 2.90. The van der Waals surface area contributed by atoms with Gasteiger partial charge in [-0.2, -0.15) is 0 Å². The van der Waals surface area contributed by atoms with Crippen molar-refractivity contribution >= 4 is 22.9 Å². The van der Waals surface area contributed by atoms with Crippen molar-refractivity contribution in [1.82, 2.24) is 15.1 Å². The zero-order valence-electron chi connectivity index (χ0n) is 13.6. The molecule has 0 radical (unpaired) electrons. The SMILES string of the molecule is CCN1CCC(C(=O)Nc2cccc(-c3nnc(C)s3)c2)CC1. The first-order valence-electron chi connectivity index (χ1n) is 8.09. The number of anilines is 1. The highest BCUT2D eigenvalue weighted by molar-refractivity contribution is 7.14. The molecule has 0 bridgehead atoms. The molecule has 1 amide bonds. The molecule has 23 heavy (non-hydrogen) atoms. The summed E-state index contributed by atoms with van der Waals surface area (Å²) in [5.41, 5.74) is 1.83. The first-order chi connectivity index (χ1) is 11.2. The third-order valence-corrected chi connectivity index (χ3v) is 5.20. The van der Waals surface area contributed by atoms with Gasteiger partial charge in [0.05, 0.1) is 0 Å². The molecule has 1 aliphatic heterocycles. The standard InChI is InChI=1S/C17H22N4OS/c1-3-21-9-7-13(8-10-21)16(22)18-15-6-4-5-14(11-15)17-20-19-12(2)23-17/h4-6,11,13H,3,7-10H2,1-2H3,(H,18,22). The van der Waals surface area contributed by atoms with Crippen LogP contribution in [0.2, 0.25) is 0 Å². The summed E-state index contributed by atoms with van der Waals surface area (Å²) in [6, 6.07) is 7.84. The molecule has 2 aromatic rings. The molecule has 0 saturated carbocycles. The van der Waals surface area contributed by atoms with Crippen molar-refractivity contribution < 1.29 is 4.79 Å². The molecule has 3 rings (SSSR count). The number of benzene rings is 1. The first kappa shape index (κ1) is 16.1. The molecule has 1 saturated heterocycles. The van der Waals surface area contributed by atoms with Crippen molar-refractivity contribution in [3.05, 3.63) is 29.3 Å². The van der Waals surface area contributed by atoms with Gasteiger partial charge in [0, 0.05) is 17.2 Å². The predicted molar refractivity (Wildman–Crippen MR) is 93.5 cm³/mol. The molecule has 1 fully saturated rings. The van der Waals surface area contributed by atoms with E-state index in [-0.39, 0.29) is 11.8 Å². The van der Waals surface area contributed by atoms with Crippen LogP contribution in [0.1, 0.15) is 24.8 Å². The number of piperidine rings is 1. The van der Waals surface area contributed by atoms with Crippen molar-refractivity contribution in [3.63, 3.8) is 0 Å². The van der Waals surface area contributed by atoms with Gasteiger partial charge in [0.2, 0.25) is 5.91 Å². The van der Waals surface area contributed by atoms with Crippen LogP contribution in [0.3, 0.4) is 0 Å². The topological polar surface area (TPSA) is 58.1 Å². The summed E-state index contributed by atoms with van der Waals surface area (Å²) in [7, 11) is 0. The normalized spacial score (nSPS) is 16.4. The summed E-state index contributed by atoms with van der Waals surface area (Å²) < 4.78 is 0. The minimum Gasteiger partial charge on any atom is -0.326 e. The van der Waals surface area contributed by atoms with Gasteiger partial charge in [0.15, 0.2) is 0 Å². The van der Waals surface area contributed by atoms with Crippen LogP contribution in [-0.4, -0.2) is 40.6 Å². The van der Waals surface area contributed by atoms with Crippen LogP contribution in [0.25, 0.3) is 10.6 Å². The minimum atomic E-state index is 0.116. The highest BCUT2D eigenvalue weighted by atomic mass is 32.1. The molecule has 1 aliphatic rings. The first-order valence-corrected chi connectivity index (χ1v) is 8.91. The highest BCUT2D eigenvalue weighted by Crippen LogP contribution is 2.26. The smallest absolute Gasteiger partial charge is 0.227 e. The highest BCUT2D eigenvalue weighted by Gasteiger charge is 2.24. The van der Waals surface area contributed by atoms with E-state index in [4.69, 9.17) is 0 Å². The average Bonchev–Trinajstić information content (AvgIpc) is 3.02. The van der Waals surface area contributed by atoms with E-state index in [9.17, 15) is 4.79 Å². The number of rotatable bonds is 4. The van der Waals surface area contributed by atoms with Crippen LogP contribution in [0.4, 0.5) is 5.69 Å². The van der Waals surface area contributed by atoms with Crippen LogP contribution in [-0.2, 0) is 4.79 Å². The van der Waals surface area contributed by atoms with Gasteiger partial charge >= 0.3 is 0 Å². The lowest BCUT2D eigenvalue weighted by Crippen LogP contribution is -2.37. The molecule has 0 aliphatic carbocycles. The van der Waals surface area contributed by atoms with E-state index in [1.807, 2.05) is 31.2 Å². The number of amides is 1. The summed E-state index contributed by atoms with van der Waals surface area (Å²) in [5.74, 6) is 0.247. The van der Waals surface area contributed by atoms with Crippen LogP contribution in [0.15, 0.2) is 24.3 Å². The number of nitrogens with one attached hydrogen (secondary N) is 1. The minimum absolute atomic E-state index is 0.116. The fourth-order valence-corrected chi connectivity index (χ4v) is 3.59. The number of carbonyl (C=O) groups excluding carboxylic acids is 1. The molecule has 0 atom stereocenters. The summed E-state index contributed by atoms with van der Waals surface area (Å²) in [6.07, 6.45) is 1.88. The molecule has 122 valence electrons. The van der Waals surface area contributed by atoms with Crippen molar-refractivity contribution in [1.29, 1.82) is 0 Å². The number of likely N-dealkylation sites (tertiary alicyclic amines) is 1. The molecular weight excluding hydrogens is 308 g/mol. The third kappa shape index (κ3) is 3.95. The Morgan fingerprint density at radius 2 is 2.13 bits per heavy atom. The Kier molecular flexibility index (Phi) is 5.03. The van der Waals surface area contributed by atoms with E-state index in [2.05, 4.69) is 27.3 Å². The van der Waals surface area contributed by atoms with E-state index in [0.29, 0.717) is 0 Å². The number of aryl methyl sites for hydroxylation is 1. The van der Waals surface area contributed by atoms with Crippen LogP contribution in [0.5, 0.6) is 0 Å². The Balaban J connectivity index is 1.65. The van der Waals surface area contributed by atoms with Crippen molar-refractivity contribution in [2.24, 2.45) is 5.92 Å². The van der Waals surface area contributed by atoms with Crippen molar-refractivity contribution in [2.75, 3.05) is 25.0 Å². The Hall–Kier alpha value is -1.79. The molecule has 1 aromatic heterocycles. The number of hydrogen-bond donors (Lipinski definition) is 1. The molecule has 6 heteroatoms. The molecule has 1 N–H and O–H groups in total. The van der Waals surface area contributed by atoms with Gasteiger partial charge in [-0.1, -0.05) is 30.4 Å². The van der Waals surface area contributed by atoms with Gasteiger partial charge in [0.25, 0.3) is 0 Å². The lowest BCUT2D eigenvalue weighted by atomic mass is 9.96. The lowest BCUT2D eigenvalue weighted by Gasteiger charge is -2.30. The van der Waals surface area contributed by atoms with Gasteiger partial charge in [-0.3, -0.25) is 4.79 Å².